The van der Waals surface area contributed by atoms with E-state index in [-0.39, 0.29) is 6.10 Å². The molecule has 1 atom stereocenters. The van der Waals surface area contributed by atoms with Crippen LogP contribution >= 0.6 is 0 Å². The molecule has 0 rings (SSSR count). The highest BCUT2D eigenvalue weighted by Crippen LogP contribution is 2.29. The van der Waals surface area contributed by atoms with Crippen molar-refractivity contribution in [2.24, 2.45) is 0 Å². The summed E-state index contributed by atoms with van der Waals surface area (Å²) in [7, 11) is -1.89. The molecule has 170 valence electrons. The van der Waals surface area contributed by atoms with Gasteiger partial charge in [-0.2, -0.15) is 0 Å². The third-order valence-electron chi connectivity index (χ3n) is 3.36. The Kier molecular flexibility index (Phi) is 11.0. The number of rotatable bonds is 14. The average Bonchev–Trinajstić information content (AvgIpc) is 2.28. The number of nitrogens with zero attached hydrogens (tertiary/aromatic N) is 1. The Hall–Kier alpha value is 0.628. The minimum absolute atomic E-state index is 0.336. The fourth-order valence-corrected chi connectivity index (χ4v) is 17.7. The molecule has 0 aromatic carbocycles. The lowest BCUT2D eigenvalue weighted by Crippen LogP contribution is -2.60. The number of nitrogens with one attached hydrogen (secondary N) is 1. The normalized spacial score (nSPS) is 15.8. The van der Waals surface area contributed by atoms with Gasteiger partial charge in [-0.1, -0.05) is 0 Å². The van der Waals surface area contributed by atoms with E-state index in [1.165, 1.54) is 0 Å². The first-order valence-electron chi connectivity index (χ1n) is 10.5. The third kappa shape index (κ3) is 16.4. The Bertz CT molecular complexity index is 414. The third-order valence-corrected chi connectivity index (χ3v) is 15.4. The zero-order valence-corrected chi connectivity index (χ0v) is 24.7. The molecule has 0 amide bonds. The summed E-state index contributed by atoms with van der Waals surface area (Å²) in [5.74, 6) is 0. The van der Waals surface area contributed by atoms with Gasteiger partial charge in [-0.25, -0.2) is 0 Å². The predicted octanol–water partition coefficient (Wildman–Crippen LogP) is 3.53. The van der Waals surface area contributed by atoms with Crippen molar-refractivity contribution >= 4 is 33.8 Å². The van der Waals surface area contributed by atoms with Gasteiger partial charge in [0.15, 0.2) is 25.0 Å². The lowest BCUT2D eigenvalue weighted by molar-refractivity contribution is -0.873. The van der Waals surface area contributed by atoms with Crippen molar-refractivity contribution in [1.82, 2.24) is 5.32 Å². The van der Waals surface area contributed by atoms with Crippen LogP contribution in [-0.4, -0.2) is 90.2 Å². The molecule has 0 aliphatic heterocycles. The summed E-state index contributed by atoms with van der Waals surface area (Å²) in [6, 6.07) is 0.838. The molecule has 0 aromatic heterocycles. The van der Waals surface area contributed by atoms with Crippen molar-refractivity contribution < 1.29 is 21.9 Å². The zero-order valence-electron chi connectivity index (χ0n) is 20.7. The van der Waals surface area contributed by atoms with Gasteiger partial charge in [0.1, 0.15) is 12.6 Å². The van der Waals surface area contributed by atoms with Gasteiger partial charge in [-0.05, 0) is 71.9 Å². The van der Waals surface area contributed by atoms with Gasteiger partial charge >= 0.3 is 8.80 Å². The smallest absolute Gasteiger partial charge is 0.417 e. The molecule has 0 heterocycles. The predicted molar refractivity (Wildman–Crippen MR) is 130 cm³/mol. The number of hydrogen-bond acceptors (Lipinski definition) is 5. The number of hydrogen-bond donors (Lipinski definition) is 2. The highest BCUT2D eigenvalue weighted by Gasteiger charge is 2.49. The average molecular weight is 470 g/mol. The number of aliphatic hydroxyl groups is 1. The fourth-order valence-electron chi connectivity index (χ4n) is 3.01. The van der Waals surface area contributed by atoms with Crippen LogP contribution in [0.5, 0.6) is 0 Å². The van der Waals surface area contributed by atoms with Crippen LogP contribution in [0.2, 0.25) is 65.0 Å². The molecule has 0 fully saturated rings. The molecular formula is C18H49N2O4Si4+. The molecule has 0 spiro atoms. The maximum absolute atomic E-state index is 10.2. The minimum atomic E-state index is -2.74. The first kappa shape index (κ1) is 28.6. The molecule has 6 nitrogen and oxygen atoms in total. The van der Waals surface area contributed by atoms with E-state index >= 15 is 0 Å². The van der Waals surface area contributed by atoms with E-state index in [1.54, 1.807) is 0 Å². The van der Waals surface area contributed by atoms with E-state index in [4.69, 9.17) is 12.3 Å². The minimum Gasteiger partial charge on any atom is -0.417 e. The number of quaternary nitrogens is 1. The second kappa shape index (κ2) is 10.8. The lowest BCUT2D eigenvalue weighted by atomic mass is 10.3. The van der Waals surface area contributed by atoms with Crippen molar-refractivity contribution in [2.45, 2.75) is 77.5 Å². The van der Waals surface area contributed by atoms with Gasteiger partial charge in [-0.3, -0.25) is 0 Å². The van der Waals surface area contributed by atoms with Crippen LogP contribution in [0.15, 0.2) is 0 Å². The monoisotopic (exact) mass is 469 g/mol. The van der Waals surface area contributed by atoms with Crippen LogP contribution in [-0.2, 0) is 12.3 Å². The van der Waals surface area contributed by atoms with Gasteiger partial charge < -0.3 is 27.3 Å². The molecule has 2 N–H and O–H groups in total. The van der Waals surface area contributed by atoms with E-state index in [1.807, 2.05) is 0 Å². The van der Waals surface area contributed by atoms with Crippen molar-refractivity contribution in [3.8, 4) is 0 Å². The van der Waals surface area contributed by atoms with E-state index in [9.17, 15) is 5.11 Å². The van der Waals surface area contributed by atoms with Gasteiger partial charge in [0, 0.05) is 12.6 Å². The number of likely N-dealkylation sites (N-methyl/N-ethyl adjacent to an activating group) is 1. The molecule has 0 saturated heterocycles. The molecular weight excluding hydrogens is 421 g/mol. The maximum Gasteiger partial charge on any atom is 0.469 e. The Morgan fingerprint density at radius 2 is 1.18 bits per heavy atom. The maximum atomic E-state index is 10.2. The Morgan fingerprint density at radius 1 is 0.786 bits per heavy atom. The van der Waals surface area contributed by atoms with Crippen molar-refractivity contribution in [2.75, 3.05) is 40.8 Å². The number of aliphatic hydroxyl groups excluding tert-OH is 1. The van der Waals surface area contributed by atoms with Gasteiger partial charge in [0.2, 0.25) is 0 Å². The molecule has 28 heavy (non-hydrogen) atoms. The Labute approximate surface area is 179 Å². The highest BCUT2D eigenvalue weighted by atomic mass is 28.5. The fraction of sp³-hybridized carbons (Fsp3) is 1.00. The van der Waals surface area contributed by atoms with Crippen LogP contribution in [0.3, 0.4) is 0 Å². The molecule has 0 radical (unpaired) electrons. The molecule has 0 saturated carbocycles. The zero-order chi connectivity index (χ0) is 22.4. The van der Waals surface area contributed by atoms with E-state index in [2.05, 4.69) is 85.4 Å². The standard InChI is InChI=1S/C18H49N2O4Si4/c1-20(2,3)17-18(21)16-19-14-13-15-28(22-25(4,5)6,23-26(7,8)9)24-27(10,11)12/h18-19,21H,13-17H2,1-12H3/q+1. The molecule has 10 heteroatoms. The summed E-state index contributed by atoms with van der Waals surface area (Å²) >= 11 is 0. The second-order valence-corrected chi connectivity index (χ2v) is 28.8. The van der Waals surface area contributed by atoms with Gasteiger partial charge in [-0.15, -0.1) is 0 Å². The SMILES string of the molecule is C[N+](C)(C)CC(O)CNCCC[Si](O[Si](C)(C)C)(O[Si](C)(C)C)O[Si](C)(C)C. The van der Waals surface area contributed by atoms with Crippen LogP contribution in [0, 0.1) is 0 Å². The topological polar surface area (TPSA) is 60.0 Å². The molecule has 1 unspecified atom stereocenters. The van der Waals surface area contributed by atoms with E-state index in [0.717, 1.165) is 30.0 Å². The Morgan fingerprint density at radius 3 is 1.50 bits per heavy atom. The summed E-state index contributed by atoms with van der Waals surface area (Å²) in [6.07, 6.45) is 0.597. The second-order valence-electron chi connectivity index (χ2n) is 11.8. The van der Waals surface area contributed by atoms with Crippen LogP contribution in [0.4, 0.5) is 0 Å². The first-order valence-corrected chi connectivity index (χ1v) is 22.7. The first-order chi connectivity index (χ1) is 12.2. The van der Waals surface area contributed by atoms with Crippen molar-refractivity contribution in [3.05, 3.63) is 0 Å². The van der Waals surface area contributed by atoms with Crippen molar-refractivity contribution in [3.63, 3.8) is 0 Å². The van der Waals surface area contributed by atoms with Gasteiger partial charge in [0.05, 0.1) is 21.1 Å². The van der Waals surface area contributed by atoms with Gasteiger partial charge in [0.25, 0.3) is 0 Å². The largest absolute Gasteiger partial charge is 0.469 e. The summed E-state index contributed by atoms with van der Waals surface area (Å²) in [6.45, 7) is 22.1. The van der Waals surface area contributed by atoms with Crippen LogP contribution in [0.25, 0.3) is 0 Å². The Balaban J connectivity index is 5.00. The van der Waals surface area contributed by atoms with E-state index < -0.39 is 33.8 Å². The van der Waals surface area contributed by atoms with Crippen LogP contribution < -0.4 is 5.32 Å². The molecule has 0 aromatic rings. The van der Waals surface area contributed by atoms with Crippen molar-refractivity contribution in [1.29, 1.82) is 0 Å². The molecule has 0 bridgehead atoms. The highest BCUT2D eigenvalue weighted by molar-refractivity contribution is 6.90. The summed E-state index contributed by atoms with van der Waals surface area (Å²) in [5.41, 5.74) is 0. The molecule has 0 aliphatic carbocycles. The van der Waals surface area contributed by atoms with E-state index in [0.29, 0.717) is 6.54 Å². The summed E-state index contributed by atoms with van der Waals surface area (Å²) in [4.78, 5) is 0. The summed E-state index contributed by atoms with van der Waals surface area (Å²) in [5, 5.41) is 13.6. The lowest BCUT2D eigenvalue weighted by Gasteiger charge is -2.43. The quantitative estimate of drug-likeness (QED) is 0.231. The summed E-state index contributed by atoms with van der Waals surface area (Å²) < 4.78 is 20.8. The van der Waals surface area contributed by atoms with Crippen LogP contribution in [0.1, 0.15) is 6.42 Å². The molecule has 0 aliphatic rings.